The van der Waals surface area contributed by atoms with Gasteiger partial charge in [-0.05, 0) is 39.4 Å². The molecule has 1 saturated heterocycles. The Labute approximate surface area is 92.2 Å². The molecule has 4 heteroatoms. The van der Waals surface area contributed by atoms with Crippen LogP contribution in [0.15, 0.2) is 0 Å². The van der Waals surface area contributed by atoms with E-state index in [2.05, 4.69) is 24.2 Å². The lowest BCUT2D eigenvalue weighted by Crippen LogP contribution is -2.57. The molecule has 1 aliphatic heterocycles. The third-order valence-electron chi connectivity index (χ3n) is 3.03. The van der Waals surface area contributed by atoms with Gasteiger partial charge in [0.1, 0.15) is 0 Å². The summed E-state index contributed by atoms with van der Waals surface area (Å²) in [5.74, 6) is -0.200. The van der Waals surface area contributed by atoms with Crippen molar-refractivity contribution in [2.75, 3.05) is 26.7 Å². The molecule has 15 heavy (non-hydrogen) atoms. The molecule has 1 heterocycles. The number of likely N-dealkylation sites (N-methyl/N-ethyl adjacent to an activating group) is 1. The average molecular weight is 213 g/mol. The number of carbonyl (C=O) groups excluding carboxylic acids is 1. The molecule has 88 valence electrons. The summed E-state index contributed by atoms with van der Waals surface area (Å²) in [6.45, 7) is 5.14. The maximum atomic E-state index is 11.1. The fourth-order valence-electron chi connectivity index (χ4n) is 2.44. The zero-order valence-corrected chi connectivity index (χ0v) is 9.88. The molecule has 0 radical (unpaired) electrons. The van der Waals surface area contributed by atoms with Crippen LogP contribution in [0.4, 0.5) is 0 Å². The van der Waals surface area contributed by atoms with Crippen LogP contribution in [0.1, 0.15) is 32.6 Å². The van der Waals surface area contributed by atoms with Gasteiger partial charge in [-0.15, -0.1) is 0 Å². The lowest BCUT2D eigenvalue weighted by Gasteiger charge is -2.41. The normalized spacial score (nSPS) is 27.9. The van der Waals surface area contributed by atoms with E-state index in [0.29, 0.717) is 6.42 Å². The molecule has 1 unspecified atom stereocenters. The van der Waals surface area contributed by atoms with Crippen molar-refractivity contribution in [2.45, 2.75) is 38.1 Å². The topological polar surface area (TPSA) is 58.4 Å². The van der Waals surface area contributed by atoms with Crippen LogP contribution in [-0.2, 0) is 4.79 Å². The van der Waals surface area contributed by atoms with E-state index in [0.717, 1.165) is 38.9 Å². The highest BCUT2D eigenvalue weighted by Gasteiger charge is 2.34. The first kappa shape index (κ1) is 12.5. The molecule has 0 spiro atoms. The summed E-state index contributed by atoms with van der Waals surface area (Å²) in [6.07, 6.45) is 3.74. The summed E-state index contributed by atoms with van der Waals surface area (Å²) in [6, 6.07) is 0. The second-order valence-electron chi connectivity index (χ2n) is 4.69. The van der Waals surface area contributed by atoms with Gasteiger partial charge in [-0.2, -0.15) is 0 Å². The van der Waals surface area contributed by atoms with Crippen LogP contribution < -0.4 is 11.1 Å². The third-order valence-corrected chi connectivity index (χ3v) is 3.03. The van der Waals surface area contributed by atoms with Gasteiger partial charge < -0.3 is 16.0 Å². The van der Waals surface area contributed by atoms with E-state index in [1.54, 1.807) is 0 Å². The molecule has 0 aliphatic carbocycles. The highest BCUT2D eigenvalue weighted by atomic mass is 16.1. The highest BCUT2D eigenvalue weighted by Crippen LogP contribution is 2.23. The quantitative estimate of drug-likeness (QED) is 0.692. The number of likely N-dealkylation sites (tertiary alicyclic amines) is 1. The van der Waals surface area contributed by atoms with Crippen LogP contribution in [0, 0.1) is 0 Å². The summed E-state index contributed by atoms with van der Waals surface area (Å²) >= 11 is 0. The smallest absolute Gasteiger partial charge is 0.219 e. The number of carbonyl (C=O) groups is 1. The molecule has 1 amide bonds. The maximum absolute atomic E-state index is 11.1. The zero-order chi connectivity index (χ0) is 11.3. The van der Waals surface area contributed by atoms with E-state index in [9.17, 15) is 4.79 Å². The predicted molar refractivity (Wildman–Crippen MR) is 61.6 cm³/mol. The van der Waals surface area contributed by atoms with E-state index in [4.69, 9.17) is 5.73 Å². The molecule has 1 atom stereocenters. The first-order chi connectivity index (χ1) is 7.08. The summed E-state index contributed by atoms with van der Waals surface area (Å²) in [7, 11) is 2.10. The molecule has 0 aromatic rings. The van der Waals surface area contributed by atoms with Gasteiger partial charge in [0, 0.05) is 18.5 Å². The second kappa shape index (κ2) is 5.47. The summed E-state index contributed by atoms with van der Waals surface area (Å²) in [4.78, 5) is 13.4. The molecule has 0 saturated carbocycles. The van der Waals surface area contributed by atoms with E-state index in [1.165, 1.54) is 0 Å². The van der Waals surface area contributed by atoms with Gasteiger partial charge in [0.05, 0.1) is 0 Å². The SMILES string of the molecule is CCCNC1(CC(N)=O)CCCN(C)C1. The van der Waals surface area contributed by atoms with Crippen LogP contribution >= 0.6 is 0 Å². The summed E-state index contributed by atoms with van der Waals surface area (Å²) in [5.41, 5.74) is 5.25. The third kappa shape index (κ3) is 3.80. The minimum Gasteiger partial charge on any atom is -0.370 e. The van der Waals surface area contributed by atoms with Gasteiger partial charge >= 0.3 is 0 Å². The molecular formula is C11H23N3O. The second-order valence-corrected chi connectivity index (χ2v) is 4.69. The molecule has 1 aliphatic rings. The van der Waals surface area contributed by atoms with Gasteiger partial charge in [-0.3, -0.25) is 4.79 Å². The van der Waals surface area contributed by atoms with Crippen molar-refractivity contribution in [1.29, 1.82) is 0 Å². The van der Waals surface area contributed by atoms with Crippen molar-refractivity contribution in [3.8, 4) is 0 Å². The van der Waals surface area contributed by atoms with Gasteiger partial charge in [0.2, 0.25) is 5.91 Å². The van der Waals surface area contributed by atoms with Gasteiger partial charge in [0.15, 0.2) is 0 Å². The lowest BCUT2D eigenvalue weighted by atomic mass is 9.85. The first-order valence-electron chi connectivity index (χ1n) is 5.80. The molecule has 4 nitrogen and oxygen atoms in total. The number of rotatable bonds is 5. The molecule has 3 N–H and O–H groups in total. The van der Waals surface area contributed by atoms with Gasteiger partial charge in [-0.25, -0.2) is 0 Å². The van der Waals surface area contributed by atoms with Crippen molar-refractivity contribution in [3.05, 3.63) is 0 Å². The van der Waals surface area contributed by atoms with Crippen molar-refractivity contribution >= 4 is 5.91 Å². The fraction of sp³-hybridized carbons (Fsp3) is 0.909. The number of nitrogens with zero attached hydrogens (tertiary/aromatic N) is 1. The Morgan fingerprint density at radius 3 is 2.87 bits per heavy atom. The molecule has 1 rings (SSSR count). The minimum atomic E-state index is -0.200. The van der Waals surface area contributed by atoms with Crippen LogP contribution in [0.2, 0.25) is 0 Å². The minimum absolute atomic E-state index is 0.0746. The fourth-order valence-corrected chi connectivity index (χ4v) is 2.44. The maximum Gasteiger partial charge on any atom is 0.219 e. The monoisotopic (exact) mass is 213 g/mol. The lowest BCUT2D eigenvalue weighted by molar-refractivity contribution is -0.120. The zero-order valence-electron chi connectivity index (χ0n) is 9.88. The molecule has 1 fully saturated rings. The van der Waals surface area contributed by atoms with Crippen LogP contribution in [0.25, 0.3) is 0 Å². The first-order valence-corrected chi connectivity index (χ1v) is 5.80. The Morgan fingerprint density at radius 2 is 2.33 bits per heavy atom. The predicted octanol–water partition coefficient (Wildman–Crippen LogP) is 0.326. The largest absolute Gasteiger partial charge is 0.370 e. The van der Waals surface area contributed by atoms with Crippen molar-refractivity contribution in [2.24, 2.45) is 5.73 Å². The van der Waals surface area contributed by atoms with Crippen LogP contribution in [-0.4, -0.2) is 43.0 Å². The number of piperidine rings is 1. The van der Waals surface area contributed by atoms with Crippen molar-refractivity contribution < 1.29 is 4.79 Å². The number of primary amides is 1. The molecule has 0 aromatic carbocycles. The molecule has 0 bridgehead atoms. The summed E-state index contributed by atoms with van der Waals surface area (Å²) < 4.78 is 0. The van der Waals surface area contributed by atoms with Crippen molar-refractivity contribution in [3.63, 3.8) is 0 Å². The van der Waals surface area contributed by atoms with Gasteiger partial charge in [0.25, 0.3) is 0 Å². The van der Waals surface area contributed by atoms with E-state index in [-0.39, 0.29) is 11.4 Å². The Balaban J connectivity index is 2.61. The number of hydrogen-bond acceptors (Lipinski definition) is 3. The van der Waals surface area contributed by atoms with Gasteiger partial charge in [-0.1, -0.05) is 6.92 Å². The van der Waals surface area contributed by atoms with E-state index in [1.807, 2.05) is 0 Å². The number of nitrogens with one attached hydrogen (secondary N) is 1. The Kier molecular flexibility index (Phi) is 4.54. The Bertz CT molecular complexity index is 220. The van der Waals surface area contributed by atoms with Crippen molar-refractivity contribution in [1.82, 2.24) is 10.2 Å². The van der Waals surface area contributed by atoms with E-state index >= 15 is 0 Å². The number of nitrogens with two attached hydrogens (primary N) is 1. The van der Waals surface area contributed by atoms with E-state index < -0.39 is 0 Å². The van der Waals surface area contributed by atoms with Crippen LogP contribution in [0.5, 0.6) is 0 Å². The van der Waals surface area contributed by atoms with Crippen LogP contribution in [0.3, 0.4) is 0 Å². The average Bonchev–Trinajstić information content (AvgIpc) is 2.13. The number of amides is 1. The molecule has 0 aromatic heterocycles. The summed E-state index contributed by atoms with van der Waals surface area (Å²) in [5, 5.41) is 3.50. The Morgan fingerprint density at radius 1 is 1.60 bits per heavy atom. The Hall–Kier alpha value is -0.610. The number of hydrogen-bond donors (Lipinski definition) is 2. The highest BCUT2D eigenvalue weighted by molar-refractivity contribution is 5.75. The molecular weight excluding hydrogens is 190 g/mol. The standard InChI is InChI=1S/C11H23N3O/c1-3-6-13-11(8-10(12)15)5-4-7-14(2)9-11/h13H,3-9H2,1-2H3,(H2,12,15).